The van der Waals surface area contributed by atoms with Gasteiger partial charge in [0.15, 0.2) is 0 Å². The number of aromatic nitrogens is 2. The number of likely N-dealkylation sites (tertiary alicyclic amines) is 1. The number of nitrogens with zero attached hydrogens (tertiary/aromatic N) is 3. The molecular formula is C20H28N4O2. The molecule has 0 aromatic carbocycles. The summed E-state index contributed by atoms with van der Waals surface area (Å²) in [6.07, 6.45) is 5.91. The van der Waals surface area contributed by atoms with Crippen molar-refractivity contribution in [3.05, 3.63) is 22.9 Å². The van der Waals surface area contributed by atoms with Gasteiger partial charge in [-0.3, -0.25) is 4.98 Å². The molecule has 4 rings (SSSR count). The molecule has 2 aliphatic rings. The van der Waals surface area contributed by atoms with E-state index in [9.17, 15) is 0 Å². The zero-order valence-corrected chi connectivity index (χ0v) is 15.8. The third-order valence-corrected chi connectivity index (χ3v) is 5.48. The fourth-order valence-corrected chi connectivity index (χ4v) is 4.14. The Kier molecular flexibility index (Phi) is 5.22. The highest BCUT2D eigenvalue weighted by Crippen LogP contribution is 2.34. The van der Waals surface area contributed by atoms with Gasteiger partial charge in [-0.25, -0.2) is 4.98 Å². The van der Waals surface area contributed by atoms with Crippen LogP contribution in [0.4, 0.5) is 5.69 Å². The summed E-state index contributed by atoms with van der Waals surface area (Å²) in [4.78, 5) is 12.1. The van der Waals surface area contributed by atoms with Crippen molar-refractivity contribution >= 4 is 16.7 Å². The van der Waals surface area contributed by atoms with Crippen LogP contribution in [-0.2, 0) is 24.2 Å². The van der Waals surface area contributed by atoms with E-state index in [1.807, 2.05) is 7.05 Å². The first-order valence-electron chi connectivity index (χ1n) is 9.67. The molecule has 140 valence electrons. The highest BCUT2D eigenvalue weighted by atomic mass is 16.5. The van der Waals surface area contributed by atoms with Gasteiger partial charge in [0, 0.05) is 24.8 Å². The Morgan fingerprint density at radius 3 is 2.77 bits per heavy atom. The number of rotatable bonds is 7. The van der Waals surface area contributed by atoms with Crippen molar-refractivity contribution in [3.63, 3.8) is 0 Å². The van der Waals surface area contributed by atoms with Crippen LogP contribution in [0, 0.1) is 0 Å². The van der Waals surface area contributed by atoms with Gasteiger partial charge in [-0.05, 0) is 56.8 Å². The minimum Gasteiger partial charge on any atom is -0.481 e. The van der Waals surface area contributed by atoms with Gasteiger partial charge in [-0.2, -0.15) is 0 Å². The quantitative estimate of drug-likeness (QED) is 0.770. The fraction of sp³-hybridized carbons (Fsp3) is 0.600. The summed E-state index contributed by atoms with van der Waals surface area (Å²) >= 11 is 0. The molecule has 1 N–H and O–H groups in total. The molecule has 6 nitrogen and oxygen atoms in total. The van der Waals surface area contributed by atoms with Gasteiger partial charge >= 0.3 is 0 Å². The molecule has 0 atom stereocenters. The summed E-state index contributed by atoms with van der Waals surface area (Å²) in [7, 11) is 3.62. The normalized spacial score (nSPS) is 17.0. The Hall–Kier alpha value is -1.92. The predicted octanol–water partition coefficient (Wildman–Crippen LogP) is 2.78. The summed E-state index contributed by atoms with van der Waals surface area (Å²) in [5.74, 6) is 0.634. The number of aryl methyl sites for hydroxylation is 1. The minimum absolute atomic E-state index is 0.508. The Morgan fingerprint density at radius 1 is 1.15 bits per heavy atom. The molecule has 26 heavy (non-hydrogen) atoms. The SMILES string of the molecule is CNc1c2c(nc3cc(COCCN4CCCC4)c(OC)nc13)CCC2. The first-order valence-corrected chi connectivity index (χ1v) is 9.67. The largest absolute Gasteiger partial charge is 0.481 e. The second-order valence-corrected chi connectivity index (χ2v) is 7.14. The predicted molar refractivity (Wildman–Crippen MR) is 103 cm³/mol. The number of hydrogen-bond donors (Lipinski definition) is 1. The Morgan fingerprint density at radius 2 is 2.00 bits per heavy atom. The summed E-state index contributed by atoms with van der Waals surface area (Å²) in [6, 6.07) is 2.08. The maximum absolute atomic E-state index is 5.92. The highest BCUT2D eigenvalue weighted by Gasteiger charge is 2.21. The third-order valence-electron chi connectivity index (χ3n) is 5.48. The van der Waals surface area contributed by atoms with Crippen molar-refractivity contribution < 1.29 is 9.47 Å². The van der Waals surface area contributed by atoms with E-state index < -0.39 is 0 Å². The first-order chi connectivity index (χ1) is 12.8. The molecule has 0 spiro atoms. The number of fused-ring (bicyclic) bond motifs is 2. The molecule has 0 saturated carbocycles. The number of nitrogens with one attached hydrogen (secondary N) is 1. The molecule has 1 saturated heterocycles. The van der Waals surface area contributed by atoms with E-state index in [0.29, 0.717) is 12.5 Å². The molecule has 0 bridgehead atoms. The molecule has 1 fully saturated rings. The average molecular weight is 356 g/mol. The van der Waals surface area contributed by atoms with Crippen LogP contribution in [0.15, 0.2) is 6.07 Å². The van der Waals surface area contributed by atoms with Gasteiger partial charge in [0.1, 0.15) is 5.52 Å². The second-order valence-electron chi connectivity index (χ2n) is 7.14. The molecule has 0 unspecified atom stereocenters. The van der Waals surface area contributed by atoms with Crippen LogP contribution in [0.2, 0.25) is 0 Å². The fourth-order valence-electron chi connectivity index (χ4n) is 4.14. The van der Waals surface area contributed by atoms with Crippen LogP contribution in [0.5, 0.6) is 5.88 Å². The van der Waals surface area contributed by atoms with E-state index in [-0.39, 0.29) is 0 Å². The van der Waals surface area contributed by atoms with Gasteiger partial charge in [0.05, 0.1) is 31.5 Å². The number of pyridine rings is 2. The van der Waals surface area contributed by atoms with Gasteiger partial charge in [0.25, 0.3) is 0 Å². The van der Waals surface area contributed by atoms with Crippen LogP contribution < -0.4 is 10.1 Å². The van der Waals surface area contributed by atoms with E-state index in [1.54, 1.807) is 7.11 Å². The zero-order chi connectivity index (χ0) is 17.9. The van der Waals surface area contributed by atoms with Gasteiger partial charge in [0.2, 0.25) is 5.88 Å². The van der Waals surface area contributed by atoms with E-state index in [2.05, 4.69) is 16.3 Å². The Labute approximate surface area is 154 Å². The van der Waals surface area contributed by atoms with E-state index in [0.717, 1.165) is 54.7 Å². The third kappa shape index (κ3) is 3.35. The van der Waals surface area contributed by atoms with E-state index in [1.165, 1.54) is 37.2 Å². The van der Waals surface area contributed by atoms with Crippen molar-refractivity contribution in [1.82, 2.24) is 14.9 Å². The van der Waals surface area contributed by atoms with Crippen LogP contribution in [0.1, 0.15) is 36.1 Å². The van der Waals surface area contributed by atoms with Crippen molar-refractivity contribution in [2.75, 3.05) is 45.7 Å². The average Bonchev–Trinajstić information content (AvgIpc) is 3.34. The lowest BCUT2D eigenvalue weighted by Crippen LogP contribution is -2.24. The number of anilines is 1. The molecule has 1 aliphatic carbocycles. The topological polar surface area (TPSA) is 59.5 Å². The van der Waals surface area contributed by atoms with Crippen LogP contribution >= 0.6 is 0 Å². The zero-order valence-electron chi connectivity index (χ0n) is 15.8. The van der Waals surface area contributed by atoms with Crippen molar-refractivity contribution in [2.45, 2.75) is 38.7 Å². The molecule has 2 aromatic heterocycles. The number of ether oxygens (including phenoxy) is 2. The Bertz CT molecular complexity index is 787. The first kappa shape index (κ1) is 17.5. The van der Waals surface area contributed by atoms with Gasteiger partial charge in [-0.15, -0.1) is 0 Å². The summed E-state index contributed by atoms with van der Waals surface area (Å²) in [5, 5.41) is 3.33. The number of methoxy groups -OCH3 is 1. The molecule has 1 aliphatic heterocycles. The van der Waals surface area contributed by atoms with Crippen molar-refractivity contribution in [3.8, 4) is 5.88 Å². The summed E-state index contributed by atoms with van der Waals surface area (Å²) < 4.78 is 11.5. The maximum Gasteiger partial charge on any atom is 0.219 e. The highest BCUT2D eigenvalue weighted by molar-refractivity contribution is 5.91. The van der Waals surface area contributed by atoms with Gasteiger partial charge < -0.3 is 19.7 Å². The molecule has 6 heteroatoms. The smallest absolute Gasteiger partial charge is 0.219 e. The molecule has 0 amide bonds. The van der Waals surface area contributed by atoms with E-state index >= 15 is 0 Å². The van der Waals surface area contributed by atoms with Gasteiger partial charge in [-0.1, -0.05) is 0 Å². The van der Waals surface area contributed by atoms with Crippen LogP contribution in [-0.4, -0.2) is 55.3 Å². The number of hydrogen-bond acceptors (Lipinski definition) is 6. The lowest BCUT2D eigenvalue weighted by Gasteiger charge is -2.16. The second kappa shape index (κ2) is 7.76. The van der Waals surface area contributed by atoms with Crippen molar-refractivity contribution in [1.29, 1.82) is 0 Å². The summed E-state index contributed by atoms with van der Waals surface area (Å²) in [6.45, 7) is 4.64. The molecular weight excluding hydrogens is 328 g/mol. The lowest BCUT2D eigenvalue weighted by atomic mass is 10.1. The molecule has 3 heterocycles. The molecule has 2 aromatic rings. The standard InChI is InChI=1S/C20H28N4O2/c1-21-18-15-6-5-7-16(15)22-17-12-14(20(25-2)23-19(17)18)13-26-11-10-24-8-3-4-9-24/h12H,3-11,13H2,1-2H3,(H,21,22). The summed E-state index contributed by atoms with van der Waals surface area (Å²) in [5.41, 5.74) is 6.40. The minimum atomic E-state index is 0.508. The van der Waals surface area contributed by atoms with Crippen LogP contribution in [0.25, 0.3) is 11.0 Å². The van der Waals surface area contributed by atoms with Crippen molar-refractivity contribution in [2.24, 2.45) is 0 Å². The Balaban J connectivity index is 1.55. The lowest BCUT2D eigenvalue weighted by molar-refractivity contribution is 0.0975. The van der Waals surface area contributed by atoms with E-state index in [4.69, 9.17) is 19.4 Å². The monoisotopic (exact) mass is 356 g/mol. The maximum atomic E-state index is 5.92. The molecule has 0 radical (unpaired) electrons. The van der Waals surface area contributed by atoms with Crippen LogP contribution in [0.3, 0.4) is 0 Å².